The van der Waals surface area contributed by atoms with Crippen LogP contribution in [0.25, 0.3) is 0 Å². The molecule has 1 heterocycles. The van der Waals surface area contributed by atoms with Gasteiger partial charge in [-0.15, -0.1) is 0 Å². The van der Waals surface area contributed by atoms with Crippen LogP contribution >= 0.6 is 0 Å². The Morgan fingerprint density at radius 2 is 1.82 bits per heavy atom. The Morgan fingerprint density at radius 1 is 1.18 bits per heavy atom. The Hall–Kier alpha value is -2.36. The number of alkyl halides is 3. The number of carbonyl (C=O) groups excluding carboxylic acids is 1. The van der Waals surface area contributed by atoms with Crippen molar-refractivity contribution in [2.75, 3.05) is 10.6 Å². The zero-order valence-electron chi connectivity index (χ0n) is 11.2. The van der Waals surface area contributed by atoms with E-state index >= 15 is 0 Å². The molecule has 2 rings (SSSR count). The molecule has 0 aliphatic heterocycles. The first kappa shape index (κ1) is 16.0. The second-order valence-corrected chi connectivity index (χ2v) is 5.66. The van der Waals surface area contributed by atoms with Crippen LogP contribution in [0.15, 0.2) is 41.4 Å². The Morgan fingerprint density at radius 3 is 2.32 bits per heavy atom. The van der Waals surface area contributed by atoms with Gasteiger partial charge in [-0.1, -0.05) is 0 Å². The van der Waals surface area contributed by atoms with Crippen molar-refractivity contribution in [2.45, 2.75) is 10.4 Å². The summed E-state index contributed by atoms with van der Waals surface area (Å²) < 4.78 is 49.5. The SMILES string of the molecule is Cn1ccc(NC(=O)Nc2ccc([S@](=O)C(F)(F)F)cc2)n1. The molecule has 0 aliphatic carbocycles. The van der Waals surface area contributed by atoms with Crippen molar-refractivity contribution in [1.29, 1.82) is 0 Å². The Labute approximate surface area is 125 Å². The highest BCUT2D eigenvalue weighted by atomic mass is 32.2. The molecule has 0 fully saturated rings. The minimum absolute atomic E-state index is 0.261. The van der Waals surface area contributed by atoms with E-state index in [2.05, 4.69) is 15.7 Å². The summed E-state index contributed by atoms with van der Waals surface area (Å²) in [7, 11) is -1.41. The molecule has 2 amide bonds. The monoisotopic (exact) mass is 332 g/mol. The van der Waals surface area contributed by atoms with Crippen LogP contribution in [0.3, 0.4) is 0 Å². The van der Waals surface area contributed by atoms with Gasteiger partial charge in [-0.2, -0.15) is 18.3 Å². The first-order chi connectivity index (χ1) is 10.3. The Balaban J connectivity index is 1.99. The number of aromatic nitrogens is 2. The zero-order chi connectivity index (χ0) is 16.3. The van der Waals surface area contributed by atoms with Gasteiger partial charge in [0.15, 0.2) is 16.6 Å². The average Bonchev–Trinajstić information content (AvgIpc) is 2.83. The van der Waals surface area contributed by atoms with Gasteiger partial charge < -0.3 is 5.32 Å². The Kier molecular flexibility index (Phi) is 4.50. The van der Waals surface area contributed by atoms with Gasteiger partial charge in [-0.3, -0.25) is 10.00 Å². The van der Waals surface area contributed by atoms with Crippen LogP contribution in [-0.4, -0.2) is 25.5 Å². The number of anilines is 2. The zero-order valence-corrected chi connectivity index (χ0v) is 12.0. The number of aryl methyl sites for hydroxylation is 1. The summed E-state index contributed by atoms with van der Waals surface area (Å²) in [5.41, 5.74) is -4.55. The van der Waals surface area contributed by atoms with Gasteiger partial charge in [0, 0.05) is 29.9 Å². The second kappa shape index (κ2) is 6.18. The van der Waals surface area contributed by atoms with E-state index in [4.69, 9.17) is 0 Å². The number of hydrogen-bond acceptors (Lipinski definition) is 3. The van der Waals surface area contributed by atoms with Crippen LogP contribution in [0.1, 0.15) is 0 Å². The lowest BCUT2D eigenvalue weighted by Gasteiger charge is -2.08. The van der Waals surface area contributed by atoms with Crippen LogP contribution in [0, 0.1) is 0 Å². The largest absolute Gasteiger partial charge is 0.475 e. The molecular weight excluding hydrogens is 321 g/mol. The third-order valence-corrected chi connectivity index (χ3v) is 3.61. The third-order valence-electron chi connectivity index (χ3n) is 2.49. The van der Waals surface area contributed by atoms with Gasteiger partial charge in [-0.05, 0) is 24.3 Å². The highest BCUT2D eigenvalue weighted by molar-refractivity contribution is 7.86. The lowest BCUT2D eigenvalue weighted by Crippen LogP contribution is -2.20. The van der Waals surface area contributed by atoms with Crippen molar-refractivity contribution < 1.29 is 22.2 Å². The molecule has 0 radical (unpaired) electrons. The van der Waals surface area contributed by atoms with E-state index in [1.165, 1.54) is 16.8 Å². The van der Waals surface area contributed by atoms with E-state index in [1.54, 1.807) is 19.3 Å². The fourth-order valence-corrected chi connectivity index (χ4v) is 2.21. The predicted octanol–water partition coefficient (Wildman–Crippen LogP) is 2.69. The topological polar surface area (TPSA) is 76.0 Å². The van der Waals surface area contributed by atoms with E-state index in [-0.39, 0.29) is 10.6 Å². The number of nitrogens with zero attached hydrogens (tertiary/aromatic N) is 2. The van der Waals surface area contributed by atoms with Gasteiger partial charge in [-0.25, -0.2) is 9.00 Å². The van der Waals surface area contributed by atoms with Crippen LogP contribution in [0.4, 0.5) is 29.5 Å². The maximum atomic E-state index is 12.3. The first-order valence-electron chi connectivity index (χ1n) is 5.92. The fraction of sp³-hybridized carbons (Fsp3) is 0.167. The van der Waals surface area contributed by atoms with E-state index in [1.807, 2.05) is 0 Å². The van der Waals surface area contributed by atoms with Gasteiger partial charge in [0.05, 0.1) is 0 Å². The molecule has 0 saturated heterocycles. The Bertz CT molecular complexity index is 697. The van der Waals surface area contributed by atoms with E-state index < -0.39 is 22.3 Å². The third kappa shape index (κ3) is 4.07. The number of halogens is 3. The number of nitrogens with one attached hydrogen (secondary N) is 2. The van der Waals surface area contributed by atoms with E-state index in [9.17, 15) is 22.2 Å². The molecule has 1 aromatic carbocycles. The molecule has 22 heavy (non-hydrogen) atoms. The van der Waals surface area contributed by atoms with Gasteiger partial charge in [0.25, 0.3) is 0 Å². The van der Waals surface area contributed by atoms with E-state index in [0.29, 0.717) is 5.82 Å². The molecule has 1 aromatic heterocycles. The molecule has 6 nitrogen and oxygen atoms in total. The molecule has 0 bridgehead atoms. The molecule has 2 N–H and O–H groups in total. The smallest absolute Gasteiger partial charge is 0.308 e. The van der Waals surface area contributed by atoms with Gasteiger partial charge in [0.2, 0.25) is 0 Å². The molecular formula is C12H11F3N4O2S. The van der Waals surface area contributed by atoms with Crippen molar-refractivity contribution >= 4 is 28.3 Å². The van der Waals surface area contributed by atoms with Crippen LogP contribution in [0.5, 0.6) is 0 Å². The lowest BCUT2D eigenvalue weighted by atomic mass is 10.3. The van der Waals surface area contributed by atoms with Gasteiger partial charge >= 0.3 is 11.5 Å². The molecule has 2 aromatic rings. The highest BCUT2D eigenvalue weighted by Gasteiger charge is 2.37. The average molecular weight is 332 g/mol. The number of amides is 2. The summed E-state index contributed by atoms with van der Waals surface area (Å²) in [6.07, 6.45) is 1.64. The number of urea groups is 1. The number of hydrogen-bond donors (Lipinski definition) is 2. The fourth-order valence-electron chi connectivity index (χ4n) is 1.56. The summed E-state index contributed by atoms with van der Waals surface area (Å²) in [5, 5.41) is 8.81. The molecule has 0 unspecified atom stereocenters. The molecule has 0 aliphatic rings. The quantitative estimate of drug-likeness (QED) is 0.907. The summed E-state index contributed by atoms with van der Waals surface area (Å²) >= 11 is 0. The second-order valence-electron chi connectivity index (χ2n) is 4.19. The van der Waals surface area contributed by atoms with Crippen LogP contribution < -0.4 is 10.6 Å². The minimum Gasteiger partial charge on any atom is -0.308 e. The summed E-state index contributed by atoms with van der Waals surface area (Å²) in [4.78, 5) is 11.3. The van der Waals surface area contributed by atoms with Crippen molar-refractivity contribution in [1.82, 2.24) is 9.78 Å². The summed E-state index contributed by atoms with van der Waals surface area (Å²) in [6.45, 7) is 0. The molecule has 118 valence electrons. The molecule has 10 heteroatoms. The van der Waals surface area contributed by atoms with Crippen LogP contribution in [0.2, 0.25) is 0 Å². The summed E-state index contributed by atoms with van der Waals surface area (Å²) in [6, 6.07) is 5.53. The van der Waals surface area contributed by atoms with Crippen molar-refractivity contribution in [2.24, 2.45) is 7.05 Å². The van der Waals surface area contributed by atoms with Crippen molar-refractivity contribution in [3.8, 4) is 0 Å². The molecule has 1 atom stereocenters. The van der Waals surface area contributed by atoms with Crippen molar-refractivity contribution in [3.63, 3.8) is 0 Å². The van der Waals surface area contributed by atoms with Crippen LogP contribution in [-0.2, 0) is 17.8 Å². The number of carbonyl (C=O) groups is 1. The highest BCUT2D eigenvalue weighted by Crippen LogP contribution is 2.26. The number of rotatable bonds is 3. The predicted molar refractivity (Wildman–Crippen MR) is 74.8 cm³/mol. The first-order valence-corrected chi connectivity index (χ1v) is 7.07. The maximum absolute atomic E-state index is 12.3. The number of benzene rings is 1. The standard InChI is InChI=1S/C12H11F3N4O2S/c1-19-7-6-10(18-19)17-11(20)16-8-2-4-9(5-3-8)22(21)12(13,14)15/h2-7H,1H3,(H2,16,17,18,20)/t22-/m0/s1. The summed E-state index contributed by atoms with van der Waals surface area (Å²) in [5.74, 6) is 0.329. The lowest BCUT2D eigenvalue weighted by molar-refractivity contribution is -0.0384. The molecule has 0 spiro atoms. The normalized spacial score (nSPS) is 12.7. The minimum atomic E-state index is -4.81. The maximum Gasteiger partial charge on any atom is 0.475 e. The van der Waals surface area contributed by atoms with Gasteiger partial charge in [0.1, 0.15) is 0 Å². The van der Waals surface area contributed by atoms with Crippen molar-refractivity contribution in [3.05, 3.63) is 36.5 Å². The van der Waals surface area contributed by atoms with E-state index in [0.717, 1.165) is 12.1 Å². The molecule has 0 saturated carbocycles.